The van der Waals surface area contributed by atoms with Gasteiger partial charge in [0.1, 0.15) is 0 Å². The van der Waals surface area contributed by atoms with Gasteiger partial charge in [0.2, 0.25) is 0 Å². The van der Waals surface area contributed by atoms with Gasteiger partial charge in [-0.25, -0.2) is 0 Å². The van der Waals surface area contributed by atoms with Crippen molar-refractivity contribution in [1.29, 1.82) is 0 Å². The summed E-state index contributed by atoms with van der Waals surface area (Å²) in [5.41, 5.74) is 0. The summed E-state index contributed by atoms with van der Waals surface area (Å²) in [6.45, 7) is 10.0. The van der Waals surface area contributed by atoms with E-state index in [-0.39, 0.29) is 9.75 Å². The van der Waals surface area contributed by atoms with Crippen LogP contribution in [-0.4, -0.2) is 9.75 Å². The Bertz CT molecular complexity index is 91.4. The predicted molar refractivity (Wildman–Crippen MR) is 49.0 cm³/mol. The molecule has 0 unspecified atom stereocenters. The average molecular weight is 183 g/mol. The largest absolute Gasteiger partial charge is 0.120 e. The molecule has 0 spiro atoms. The lowest BCUT2D eigenvalue weighted by Gasteiger charge is -2.34. The maximum atomic E-state index is 6.08. The van der Waals surface area contributed by atoms with Crippen LogP contribution in [0.15, 0.2) is 0 Å². The first-order chi connectivity index (χ1) is 4.15. The molecule has 0 saturated heterocycles. The molecule has 0 aliphatic heterocycles. The molecule has 0 radical (unpaired) electrons. The fraction of sp³-hybridized carbons (Fsp3) is 1.00. The lowest BCUT2D eigenvalue weighted by Crippen LogP contribution is -2.35. The molecule has 0 atom stereocenters. The van der Waals surface area contributed by atoms with Crippen molar-refractivity contribution in [3.63, 3.8) is 0 Å². The molecule has 0 rings (SSSR count). The van der Waals surface area contributed by atoms with Crippen molar-refractivity contribution < 1.29 is 0 Å². The monoisotopic (exact) mass is 182 g/mol. The molecule has 62 valence electrons. The molecule has 0 heterocycles. The second kappa shape index (κ2) is 2.91. The topological polar surface area (TPSA) is 0 Å². The first-order valence-electron chi connectivity index (χ1n) is 3.53. The number of halogens is 2. The Kier molecular flexibility index (Phi) is 3.07. The van der Waals surface area contributed by atoms with E-state index in [1.165, 1.54) is 0 Å². The summed E-state index contributed by atoms with van der Waals surface area (Å²) >= 11 is 12.2. The quantitative estimate of drug-likeness (QED) is 0.573. The van der Waals surface area contributed by atoms with Crippen molar-refractivity contribution >= 4 is 23.2 Å². The van der Waals surface area contributed by atoms with E-state index in [4.69, 9.17) is 23.2 Å². The van der Waals surface area contributed by atoms with E-state index in [0.717, 1.165) is 0 Å². The van der Waals surface area contributed by atoms with Gasteiger partial charge in [-0.05, 0) is 33.6 Å². The van der Waals surface area contributed by atoms with E-state index < -0.39 is 0 Å². The summed E-state index contributed by atoms with van der Waals surface area (Å²) in [6, 6.07) is 0. The third-order valence-electron chi connectivity index (χ3n) is 2.06. The molecule has 0 aromatic rings. The van der Waals surface area contributed by atoms with Crippen LogP contribution < -0.4 is 0 Å². The summed E-state index contributed by atoms with van der Waals surface area (Å²) in [5, 5.41) is 0. The molecule has 10 heavy (non-hydrogen) atoms. The van der Waals surface area contributed by atoms with Gasteiger partial charge in [0.15, 0.2) is 0 Å². The Morgan fingerprint density at radius 1 is 0.900 bits per heavy atom. The van der Waals surface area contributed by atoms with Crippen LogP contribution in [0.2, 0.25) is 0 Å². The Morgan fingerprint density at radius 3 is 1.10 bits per heavy atom. The van der Waals surface area contributed by atoms with Crippen LogP contribution in [0, 0.1) is 5.92 Å². The highest BCUT2D eigenvalue weighted by atomic mass is 35.5. The third kappa shape index (κ3) is 3.12. The summed E-state index contributed by atoms with van der Waals surface area (Å²) < 4.78 is 0. The number of hydrogen-bond acceptors (Lipinski definition) is 0. The van der Waals surface area contributed by atoms with E-state index in [0.29, 0.717) is 5.92 Å². The smallest absolute Gasteiger partial charge is 0.0432 e. The van der Waals surface area contributed by atoms with Crippen molar-refractivity contribution in [2.75, 3.05) is 0 Å². The number of alkyl halides is 2. The molecule has 0 nitrogen and oxygen atoms in total. The molecular weight excluding hydrogens is 167 g/mol. The van der Waals surface area contributed by atoms with Crippen LogP contribution >= 0.6 is 23.2 Å². The standard InChI is InChI=1S/C8H16Cl2/c1-6(7(2,3)9)8(4,5)10/h6H,1-5H3. The zero-order chi connectivity index (χ0) is 8.58. The van der Waals surface area contributed by atoms with Gasteiger partial charge in [-0.15, -0.1) is 23.2 Å². The minimum absolute atomic E-state index is 0.217. The van der Waals surface area contributed by atoms with Crippen LogP contribution in [0.1, 0.15) is 34.6 Å². The van der Waals surface area contributed by atoms with Gasteiger partial charge in [0.25, 0.3) is 0 Å². The Hall–Kier alpha value is 0.580. The molecule has 0 aromatic carbocycles. The Balaban J connectivity index is 4.23. The Labute approximate surface area is 73.9 Å². The van der Waals surface area contributed by atoms with E-state index in [1.54, 1.807) is 0 Å². The van der Waals surface area contributed by atoms with Crippen molar-refractivity contribution in [2.45, 2.75) is 44.4 Å². The second-order valence-corrected chi connectivity index (χ2v) is 5.80. The lowest BCUT2D eigenvalue weighted by molar-refractivity contribution is 0.366. The van der Waals surface area contributed by atoms with Gasteiger partial charge in [-0.1, -0.05) is 6.92 Å². The molecule has 0 aromatic heterocycles. The molecule has 2 heteroatoms. The van der Waals surface area contributed by atoms with Gasteiger partial charge in [-0.2, -0.15) is 0 Å². The summed E-state index contributed by atoms with van der Waals surface area (Å²) in [7, 11) is 0. The van der Waals surface area contributed by atoms with Crippen LogP contribution in [0.4, 0.5) is 0 Å². The first-order valence-corrected chi connectivity index (χ1v) is 4.29. The van der Waals surface area contributed by atoms with Gasteiger partial charge in [0.05, 0.1) is 0 Å². The van der Waals surface area contributed by atoms with Crippen LogP contribution in [-0.2, 0) is 0 Å². The van der Waals surface area contributed by atoms with Gasteiger partial charge >= 0.3 is 0 Å². The molecule has 0 aliphatic rings. The fourth-order valence-electron chi connectivity index (χ4n) is 0.816. The van der Waals surface area contributed by atoms with Crippen LogP contribution in [0.5, 0.6) is 0 Å². The molecule has 0 amide bonds. The van der Waals surface area contributed by atoms with E-state index in [2.05, 4.69) is 6.92 Å². The number of rotatable bonds is 2. The van der Waals surface area contributed by atoms with E-state index in [1.807, 2.05) is 27.7 Å². The molecule has 0 fully saturated rings. The van der Waals surface area contributed by atoms with Gasteiger partial charge in [-0.3, -0.25) is 0 Å². The summed E-state index contributed by atoms with van der Waals surface area (Å²) in [6.07, 6.45) is 0. The SMILES string of the molecule is CC(C(C)(C)Cl)C(C)(C)Cl. The van der Waals surface area contributed by atoms with E-state index in [9.17, 15) is 0 Å². The molecular formula is C8H16Cl2. The number of hydrogen-bond donors (Lipinski definition) is 0. The highest BCUT2D eigenvalue weighted by Gasteiger charge is 2.34. The lowest BCUT2D eigenvalue weighted by atomic mass is 9.86. The van der Waals surface area contributed by atoms with Gasteiger partial charge < -0.3 is 0 Å². The van der Waals surface area contributed by atoms with Crippen LogP contribution in [0.25, 0.3) is 0 Å². The van der Waals surface area contributed by atoms with Crippen molar-refractivity contribution in [3.8, 4) is 0 Å². The Morgan fingerprint density at radius 2 is 1.10 bits per heavy atom. The highest BCUT2D eigenvalue weighted by Crippen LogP contribution is 2.36. The summed E-state index contributed by atoms with van der Waals surface area (Å²) in [5.74, 6) is 0.295. The maximum Gasteiger partial charge on any atom is 0.0432 e. The summed E-state index contributed by atoms with van der Waals surface area (Å²) in [4.78, 5) is -0.434. The van der Waals surface area contributed by atoms with E-state index >= 15 is 0 Å². The average Bonchev–Trinajstić information content (AvgIpc) is 1.59. The van der Waals surface area contributed by atoms with Crippen LogP contribution in [0.3, 0.4) is 0 Å². The van der Waals surface area contributed by atoms with Gasteiger partial charge in [0, 0.05) is 9.75 Å². The first kappa shape index (κ1) is 10.6. The normalized spacial score (nSPS) is 14.4. The predicted octanol–water partition coefficient (Wildman–Crippen LogP) is 3.66. The molecule has 0 aliphatic carbocycles. The zero-order valence-corrected chi connectivity index (χ0v) is 8.85. The minimum atomic E-state index is -0.217. The van der Waals surface area contributed by atoms with Crippen molar-refractivity contribution in [1.82, 2.24) is 0 Å². The minimum Gasteiger partial charge on any atom is -0.120 e. The third-order valence-corrected chi connectivity index (χ3v) is 2.71. The maximum absolute atomic E-state index is 6.08. The molecule has 0 N–H and O–H groups in total. The fourth-order valence-corrected chi connectivity index (χ4v) is 1.42. The van der Waals surface area contributed by atoms with Crippen molar-refractivity contribution in [3.05, 3.63) is 0 Å². The molecule has 0 bridgehead atoms. The molecule has 0 saturated carbocycles. The van der Waals surface area contributed by atoms with Crippen molar-refractivity contribution in [2.24, 2.45) is 5.92 Å². The second-order valence-electron chi connectivity index (χ2n) is 3.85. The zero-order valence-electron chi connectivity index (χ0n) is 7.33. The highest BCUT2D eigenvalue weighted by molar-refractivity contribution is 6.27.